The van der Waals surface area contributed by atoms with Gasteiger partial charge >= 0.3 is 0 Å². The molecule has 1 aliphatic rings. The van der Waals surface area contributed by atoms with Gasteiger partial charge in [0.25, 0.3) is 5.91 Å². The molecule has 28 heavy (non-hydrogen) atoms. The second-order valence-corrected chi connectivity index (χ2v) is 6.30. The molecule has 0 spiro atoms. The lowest BCUT2D eigenvalue weighted by Gasteiger charge is -2.09. The SMILES string of the molecule is Nc1nc2c(nc1C(=O)NCc1ccc(COc3ccccn3)cc1)COC2. The molecule has 0 fully saturated rings. The lowest BCUT2D eigenvalue weighted by atomic mass is 10.1. The molecule has 8 nitrogen and oxygen atoms in total. The van der Waals surface area contributed by atoms with Crippen molar-refractivity contribution in [2.75, 3.05) is 5.73 Å². The van der Waals surface area contributed by atoms with E-state index in [-0.39, 0.29) is 17.4 Å². The van der Waals surface area contributed by atoms with E-state index in [1.807, 2.05) is 42.5 Å². The van der Waals surface area contributed by atoms with E-state index >= 15 is 0 Å². The molecule has 0 atom stereocenters. The number of nitrogens with one attached hydrogen (secondary N) is 1. The first kappa shape index (κ1) is 17.9. The van der Waals surface area contributed by atoms with Crippen molar-refractivity contribution in [3.8, 4) is 5.88 Å². The number of rotatable bonds is 6. The minimum atomic E-state index is -0.359. The summed E-state index contributed by atoms with van der Waals surface area (Å²) in [7, 11) is 0. The van der Waals surface area contributed by atoms with Crippen molar-refractivity contribution in [2.24, 2.45) is 0 Å². The van der Waals surface area contributed by atoms with Crippen molar-refractivity contribution in [3.05, 3.63) is 76.9 Å². The predicted octanol–water partition coefficient (Wildman–Crippen LogP) is 1.99. The molecule has 0 saturated carbocycles. The number of carbonyl (C=O) groups is 1. The highest BCUT2D eigenvalue weighted by Gasteiger charge is 2.21. The highest BCUT2D eigenvalue weighted by Crippen LogP contribution is 2.19. The van der Waals surface area contributed by atoms with Gasteiger partial charge < -0.3 is 20.5 Å². The van der Waals surface area contributed by atoms with E-state index in [9.17, 15) is 4.79 Å². The van der Waals surface area contributed by atoms with Crippen LogP contribution < -0.4 is 15.8 Å². The summed E-state index contributed by atoms with van der Waals surface area (Å²) >= 11 is 0. The summed E-state index contributed by atoms with van der Waals surface area (Å²) in [4.78, 5) is 25.0. The first-order valence-corrected chi connectivity index (χ1v) is 8.82. The molecule has 0 radical (unpaired) electrons. The second-order valence-electron chi connectivity index (χ2n) is 6.30. The number of aromatic nitrogens is 3. The number of hydrogen-bond donors (Lipinski definition) is 2. The third-order valence-electron chi connectivity index (χ3n) is 4.27. The van der Waals surface area contributed by atoms with Crippen LogP contribution in [0.3, 0.4) is 0 Å². The number of nitrogens with zero attached hydrogens (tertiary/aromatic N) is 3. The molecule has 3 heterocycles. The molecule has 1 aromatic carbocycles. The topological polar surface area (TPSA) is 112 Å². The minimum Gasteiger partial charge on any atom is -0.473 e. The van der Waals surface area contributed by atoms with Gasteiger partial charge in [0.2, 0.25) is 5.88 Å². The number of ether oxygens (including phenoxy) is 2. The van der Waals surface area contributed by atoms with E-state index in [4.69, 9.17) is 15.2 Å². The summed E-state index contributed by atoms with van der Waals surface area (Å²) in [6.07, 6.45) is 1.69. The Bertz CT molecular complexity index is 977. The molecule has 0 unspecified atom stereocenters. The zero-order valence-electron chi connectivity index (χ0n) is 15.1. The summed E-state index contributed by atoms with van der Waals surface area (Å²) in [5.41, 5.74) is 9.30. The van der Waals surface area contributed by atoms with E-state index in [1.54, 1.807) is 6.20 Å². The molecule has 2 aromatic heterocycles. The maximum Gasteiger partial charge on any atom is 0.273 e. The molecule has 4 rings (SSSR count). The minimum absolute atomic E-state index is 0.115. The molecular weight excluding hydrogens is 358 g/mol. The zero-order chi connectivity index (χ0) is 19.3. The fraction of sp³-hybridized carbons (Fsp3) is 0.200. The van der Waals surface area contributed by atoms with Gasteiger partial charge in [0.05, 0.1) is 24.6 Å². The summed E-state index contributed by atoms with van der Waals surface area (Å²) in [5, 5.41) is 2.82. The van der Waals surface area contributed by atoms with Crippen LogP contribution in [0.1, 0.15) is 33.0 Å². The summed E-state index contributed by atoms with van der Waals surface area (Å²) in [6.45, 7) is 1.51. The normalized spacial score (nSPS) is 12.4. The number of nitrogens with two attached hydrogens (primary N) is 1. The van der Waals surface area contributed by atoms with Crippen molar-refractivity contribution in [2.45, 2.75) is 26.4 Å². The van der Waals surface area contributed by atoms with Gasteiger partial charge in [0.1, 0.15) is 6.61 Å². The first-order valence-electron chi connectivity index (χ1n) is 8.82. The highest BCUT2D eigenvalue weighted by atomic mass is 16.5. The van der Waals surface area contributed by atoms with Crippen LogP contribution in [0.2, 0.25) is 0 Å². The van der Waals surface area contributed by atoms with E-state index in [1.165, 1.54) is 0 Å². The van der Waals surface area contributed by atoms with Crippen LogP contribution in [0.4, 0.5) is 5.82 Å². The standard InChI is InChI=1S/C20H19N5O3/c21-19-18(24-15-11-27-12-16(15)25-19)20(26)23-9-13-4-6-14(7-5-13)10-28-17-3-1-2-8-22-17/h1-8H,9-12H2,(H2,21,25)(H,23,26). The number of benzene rings is 1. The number of nitrogen functional groups attached to an aromatic ring is 1. The number of carbonyl (C=O) groups excluding carboxylic acids is 1. The van der Waals surface area contributed by atoms with Gasteiger partial charge in [-0.3, -0.25) is 4.79 Å². The number of fused-ring (bicyclic) bond motifs is 1. The number of amides is 1. The molecule has 0 saturated heterocycles. The van der Waals surface area contributed by atoms with E-state index in [2.05, 4.69) is 20.3 Å². The molecule has 0 aliphatic carbocycles. The molecule has 0 bridgehead atoms. The highest BCUT2D eigenvalue weighted by molar-refractivity contribution is 5.96. The zero-order valence-corrected chi connectivity index (χ0v) is 15.1. The van der Waals surface area contributed by atoms with Crippen molar-refractivity contribution in [1.82, 2.24) is 20.3 Å². The van der Waals surface area contributed by atoms with Crippen LogP contribution >= 0.6 is 0 Å². The van der Waals surface area contributed by atoms with Gasteiger partial charge in [0.15, 0.2) is 11.5 Å². The first-order chi connectivity index (χ1) is 13.7. The van der Waals surface area contributed by atoms with Gasteiger partial charge in [-0.2, -0.15) is 0 Å². The maximum atomic E-state index is 12.4. The lowest BCUT2D eigenvalue weighted by molar-refractivity contribution is 0.0946. The fourth-order valence-corrected chi connectivity index (χ4v) is 2.77. The second kappa shape index (κ2) is 8.01. The van der Waals surface area contributed by atoms with Crippen molar-refractivity contribution < 1.29 is 14.3 Å². The smallest absolute Gasteiger partial charge is 0.273 e. The van der Waals surface area contributed by atoms with Gasteiger partial charge in [-0.05, 0) is 17.2 Å². The Kier molecular flexibility index (Phi) is 5.11. The lowest BCUT2D eigenvalue weighted by Crippen LogP contribution is -2.26. The monoisotopic (exact) mass is 377 g/mol. The van der Waals surface area contributed by atoms with Crippen molar-refractivity contribution in [1.29, 1.82) is 0 Å². The number of pyridine rings is 1. The van der Waals surface area contributed by atoms with Crippen LogP contribution in [0.15, 0.2) is 48.7 Å². The van der Waals surface area contributed by atoms with Gasteiger partial charge in [-0.1, -0.05) is 30.3 Å². The number of anilines is 1. The summed E-state index contributed by atoms with van der Waals surface area (Å²) in [6, 6.07) is 13.3. The fourth-order valence-electron chi connectivity index (χ4n) is 2.77. The van der Waals surface area contributed by atoms with Crippen molar-refractivity contribution >= 4 is 11.7 Å². The van der Waals surface area contributed by atoms with Gasteiger partial charge in [-0.15, -0.1) is 0 Å². The summed E-state index contributed by atoms with van der Waals surface area (Å²) in [5.74, 6) is 0.336. The Labute approximate surface area is 161 Å². The van der Waals surface area contributed by atoms with Crippen molar-refractivity contribution in [3.63, 3.8) is 0 Å². The Morgan fingerprint density at radius 1 is 1.07 bits per heavy atom. The molecular formula is C20H19N5O3. The Morgan fingerprint density at radius 3 is 2.57 bits per heavy atom. The van der Waals surface area contributed by atoms with Crippen LogP contribution in [-0.2, 0) is 31.1 Å². The quantitative estimate of drug-likeness (QED) is 0.675. The largest absolute Gasteiger partial charge is 0.473 e. The van der Waals surface area contributed by atoms with Gasteiger partial charge in [-0.25, -0.2) is 15.0 Å². The molecule has 3 N–H and O–H groups in total. The van der Waals surface area contributed by atoms with E-state index < -0.39 is 0 Å². The number of hydrogen-bond acceptors (Lipinski definition) is 7. The maximum absolute atomic E-state index is 12.4. The Morgan fingerprint density at radius 2 is 1.82 bits per heavy atom. The molecule has 1 aliphatic heterocycles. The Balaban J connectivity index is 1.33. The Hall–Kier alpha value is -3.52. The molecule has 3 aromatic rings. The van der Waals surface area contributed by atoms with Crippen LogP contribution in [0, 0.1) is 0 Å². The average Bonchev–Trinajstić information content (AvgIpc) is 3.18. The third kappa shape index (κ3) is 4.07. The van der Waals surface area contributed by atoms with E-state index in [0.29, 0.717) is 43.6 Å². The molecule has 142 valence electrons. The third-order valence-corrected chi connectivity index (χ3v) is 4.27. The van der Waals surface area contributed by atoms with Gasteiger partial charge in [0, 0.05) is 18.8 Å². The average molecular weight is 377 g/mol. The molecule has 1 amide bonds. The van der Waals surface area contributed by atoms with Crippen LogP contribution in [-0.4, -0.2) is 20.9 Å². The van der Waals surface area contributed by atoms with E-state index in [0.717, 1.165) is 11.1 Å². The van der Waals surface area contributed by atoms with Crippen LogP contribution in [0.25, 0.3) is 0 Å². The summed E-state index contributed by atoms with van der Waals surface area (Å²) < 4.78 is 10.9. The predicted molar refractivity (Wildman–Crippen MR) is 101 cm³/mol. The van der Waals surface area contributed by atoms with Crippen LogP contribution in [0.5, 0.6) is 5.88 Å². The molecule has 8 heteroatoms.